The minimum absolute atomic E-state index is 0.188. The molecule has 2 aromatic carbocycles. The van der Waals surface area contributed by atoms with E-state index < -0.39 is 17.7 Å². The van der Waals surface area contributed by atoms with Gasteiger partial charge < -0.3 is 14.6 Å². The number of aliphatic hydroxyl groups is 1. The van der Waals surface area contributed by atoms with E-state index in [9.17, 15) is 13.9 Å². The molecular formula is C15H13ClF2O3. The molecule has 2 aromatic rings. The molecule has 0 fully saturated rings. The first-order chi connectivity index (χ1) is 9.99. The van der Waals surface area contributed by atoms with Crippen molar-refractivity contribution in [3.63, 3.8) is 0 Å². The van der Waals surface area contributed by atoms with E-state index in [-0.39, 0.29) is 16.3 Å². The Labute approximate surface area is 125 Å². The number of hydrogen-bond acceptors (Lipinski definition) is 3. The van der Waals surface area contributed by atoms with Crippen molar-refractivity contribution in [2.24, 2.45) is 0 Å². The molecule has 1 atom stereocenters. The second kappa shape index (κ2) is 6.28. The van der Waals surface area contributed by atoms with Crippen LogP contribution in [-0.4, -0.2) is 19.3 Å². The Balaban J connectivity index is 2.50. The predicted molar refractivity (Wildman–Crippen MR) is 75.0 cm³/mol. The molecule has 6 heteroatoms. The predicted octanol–water partition coefficient (Wildman–Crippen LogP) is 3.72. The average molecular weight is 315 g/mol. The highest BCUT2D eigenvalue weighted by molar-refractivity contribution is 6.33. The van der Waals surface area contributed by atoms with E-state index in [2.05, 4.69) is 0 Å². The summed E-state index contributed by atoms with van der Waals surface area (Å²) in [5.41, 5.74) is 0.516. The standard InChI is InChI=1S/C15H13ClF2O3/c1-20-12-6-4-9(15(21-2)13(12)16)14(19)8-3-5-10(17)11(18)7-8/h3-7,14,19H,1-2H3. The number of ether oxygens (including phenoxy) is 2. The summed E-state index contributed by atoms with van der Waals surface area (Å²) in [6.07, 6.45) is -1.21. The first kappa shape index (κ1) is 15.5. The molecule has 3 nitrogen and oxygen atoms in total. The zero-order chi connectivity index (χ0) is 15.6. The maximum absolute atomic E-state index is 13.3. The zero-order valence-electron chi connectivity index (χ0n) is 11.4. The third-order valence-corrected chi connectivity index (χ3v) is 3.43. The maximum Gasteiger partial charge on any atom is 0.159 e. The smallest absolute Gasteiger partial charge is 0.159 e. The van der Waals surface area contributed by atoms with E-state index in [1.807, 2.05) is 0 Å². The van der Waals surface area contributed by atoms with E-state index in [0.717, 1.165) is 12.1 Å². The molecule has 0 spiro atoms. The van der Waals surface area contributed by atoms with Crippen LogP contribution in [0.3, 0.4) is 0 Å². The number of aliphatic hydroxyl groups excluding tert-OH is 1. The van der Waals surface area contributed by atoms with E-state index in [0.29, 0.717) is 11.3 Å². The van der Waals surface area contributed by atoms with Crippen molar-refractivity contribution in [2.45, 2.75) is 6.10 Å². The van der Waals surface area contributed by atoms with Crippen LogP contribution >= 0.6 is 11.6 Å². The van der Waals surface area contributed by atoms with Crippen molar-refractivity contribution in [3.05, 3.63) is 58.1 Å². The Morgan fingerprint density at radius 2 is 1.76 bits per heavy atom. The molecule has 112 valence electrons. The largest absolute Gasteiger partial charge is 0.495 e. The number of rotatable bonds is 4. The van der Waals surface area contributed by atoms with Crippen LogP contribution in [0.2, 0.25) is 5.02 Å². The van der Waals surface area contributed by atoms with Crippen molar-refractivity contribution in [1.29, 1.82) is 0 Å². The maximum atomic E-state index is 13.3. The zero-order valence-corrected chi connectivity index (χ0v) is 12.1. The van der Waals surface area contributed by atoms with E-state index in [4.69, 9.17) is 21.1 Å². The normalized spacial score (nSPS) is 12.1. The second-order valence-electron chi connectivity index (χ2n) is 4.28. The van der Waals surface area contributed by atoms with Crippen molar-refractivity contribution < 1.29 is 23.4 Å². The van der Waals surface area contributed by atoms with Gasteiger partial charge in [-0.3, -0.25) is 0 Å². The van der Waals surface area contributed by atoms with Crippen LogP contribution in [0, 0.1) is 11.6 Å². The molecule has 1 N–H and O–H groups in total. The van der Waals surface area contributed by atoms with E-state index in [1.165, 1.54) is 20.3 Å². The molecule has 0 bridgehead atoms. The van der Waals surface area contributed by atoms with Gasteiger partial charge in [0, 0.05) is 5.56 Å². The fourth-order valence-corrected chi connectivity index (χ4v) is 2.32. The molecule has 0 heterocycles. The van der Waals surface area contributed by atoms with Gasteiger partial charge in [0.2, 0.25) is 0 Å². The summed E-state index contributed by atoms with van der Waals surface area (Å²) in [6.45, 7) is 0. The lowest BCUT2D eigenvalue weighted by atomic mass is 10.00. The molecule has 2 rings (SSSR count). The Kier molecular flexibility index (Phi) is 4.65. The Morgan fingerprint density at radius 3 is 2.33 bits per heavy atom. The fourth-order valence-electron chi connectivity index (χ4n) is 2.00. The summed E-state index contributed by atoms with van der Waals surface area (Å²) in [5.74, 6) is -1.42. The summed E-state index contributed by atoms with van der Waals surface area (Å²) in [7, 11) is 2.84. The lowest BCUT2D eigenvalue weighted by Crippen LogP contribution is -2.04. The summed E-state index contributed by atoms with van der Waals surface area (Å²) in [4.78, 5) is 0. The summed E-state index contributed by atoms with van der Waals surface area (Å²) in [5, 5.41) is 10.5. The van der Waals surface area contributed by atoms with Crippen molar-refractivity contribution in [2.75, 3.05) is 14.2 Å². The molecular weight excluding hydrogens is 302 g/mol. The highest BCUT2D eigenvalue weighted by Gasteiger charge is 2.21. The molecule has 0 aliphatic rings. The number of hydrogen-bond donors (Lipinski definition) is 1. The Morgan fingerprint density at radius 1 is 1.05 bits per heavy atom. The van der Waals surface area contributed by atoms with Gasteiger partial charge in [-0.25, -0.2) is 8.78 Å². The molecule has 0 saturated carbocycles. The molecule has 0 radical (unpaired) electrons. The summed E-state index contributed by atoms with van der Waals surface area (Å²) >= 11 is 6.11. The Bertz CT molecular complexity index is 662. The quantitative estimate of drug-likeness (QED) is 0.935. The van der Waals surface area contributed by atoms with Crippen LogP contribution in [0.4, 0.5) is 8.78 Å². The first-order valence-electron chi connectivity index (χ1n) is 6.03. The summed E-state index contributed by atoms with van der Waals surface area (Å²) < 4.78 is 36.5. The van der Waals surface area contributed by atoms with Gasteiger partial charge in [0.25, 0.3) is 0 Å². The monoisotopic (exact) mass is 314 g/mol. The molecule has 0 aliphatic carbocycles. The highest BCUT2D eigenvalue weighted by Crippen LogP contribution is 2.41. The van der Waals surface area contributed by atoms with Gasteiger partial charge in [0.15, 0.2) is 11.6 Å². The van der Waals surface area contributed by atoms with Crippen LogP contribution in [0.5, 0.6) is 11.5 Å². The topological polar surface area (TPSA) is 38.7 Å². The summed E-state index contributed by atoms with van der Waals surface area (Å²) in [6, 6.07) is 6.28. The second-order valence-corrected chi connectivity index (χ2v) is 4.66. The van der Waals surface area contributed by atoms with Crippen LogP contribution in [0.1, 0.15) is 17.2 Å². The molecule has 0 aliphatic heterocycles. The van der Waals surface area contributed by atoms with Gasteiger partial charge in [0.1, 0.15) is 22.6 Å². The van der Waals surface area contributed by atoms with Crippen LogP contribution in [-0.2, 0) is 0 Å². The molecule has 0 saturated heterocycles. The highest BCUT2D eigenvalue weighted by atomic mass is 35.5. The van der Waals surface area contributed by atoms with E-state index in [1.54, 1.807) is 12.1 Å². The van der Waals surface area contributed by atoms with Gasteiger partial charge in [-0.1, -0.05) is 17.7 Å². The van der Waals surface area contributed by atoms with E-state index >= 15 is 0 Å². The molecule has 1 unspecified atom stereocenters. The van der Waals surface area contributed by atoms with Crippen LogP contribution < -0.4 is 9.47 Å². The third-order valence-electron chi connectivity index (χ3n) is 3.07. The minimum Gasteiger partial charge on any atom is -0.495 e. The van der Waals surface area contributed by atoms with Crippen molar-refractivity contribution in [3.8, 4) is 11.5 Å². The third kappa shape index (κ3) is 2.94. The number of halogens is 3. The lowest BCUT2D eigenvalue weighted by Gasteiger charge is -2.18. The number of methoxy groups -OCH3 is 2. The molecule has 0 amide bonds. The number of benzene rings is 2. The van der Waals surface area contributed by atoms with Gasteiger partial charge in [0.05, 0.1) is 14.2 Å². The van der Waals surface area contributed by atoms with Gasteiger partial charge >= 0.3 is 0 Å². The average Bonchev–Trinajstić information content (AvgIpc) is 2.49. The molecule has 0 aromatic heterocycles. The Hall–Kier alpha value is -1.85. The minimum atomic E-state index is -1.21. The van der Waals surface area contributed by atoms with Crippen LogP contribution in [0.25, 0.3) is 0 Å². The lowest BCUT2D eigenvalue weighted by molar-refractivity contribution is 0.213. The van der Waals surface area contributed by atoms with Gasteiger partial charge in [-0.05, 0) is 29.8 Å². The van der Waals surface area contributed by atoms with Gasteiger partial charge in [-0.2, -0.15) is 0 Å². The van der Waals surface area contributed by atoms with Gasteiger partial charge in [-0.15, -0.1) is 0 Å². The van der Waals surface area contributed by atoms with Crippen molar-refractivity contribution >= 4 is 11.6 Å². The van der Waals surface area contributed by atoms with Crippen LogP contribution in [0.15, 0.2) is 30.3 Å². The van der Waals surface area contributed by atoms with Crippen molar-refractivity contribution in [1.82, 2.24) is 0 Å². The first-order valence-corrected chi connectivity index (χ1v) is 6.40. The molecule has 21 heavy (non-hydrogen) atoms. The SMILES string of the molecule is COc1ccc(C(O)c2ccc(F)c(F)c2)c(OC)c1Cl. The fraction of sp³-hybridized carbons (Fsp3) is 0.200.